The minimum Gasteiger partial charge on any atom is -0.345 e. The van der Waals surface area contributed by atoms with Gasteiger partial charge in [0, 0.05) is 23.1 Å². The number of benzene rings is 1. The minimum atomic E-state index is 1.11. The molecule has 0 aliphatic rings. The number of hydrogen-bond donors (Lipinski definition) is 0. The summed E-state index contributed by atoms with van der Waals surface area (Å²) in [5, 5.41) is 1.37. The van der Waals surface area contributed by atoms with Crippen LogP contribution in [0.5, 0.6) is 0 Å². The summed E-state index contributed by atoms with van der Waals surface area (Å²) in [6.07, 6.45) is 1.18. The molecular weight excluding hydrogens is 170 g/mol. The molecule has 0 unspecified atom stereocenters. The van der Waals surface area contributed by atoms with Gasteiger partial charge in [0.15, 0.2) is 0 Å². The first-order valence-electron chi connectivity index (χ1n) is 5.21. The number of hydrogen-bond acceptors (Lipinski definition) is 0. The van der Waals surface area contributed by atoms with Crippen LogP contribution in [0.15, 0.2) is 18.2 Å². The van der Waals surface area contributed by atoms with Gasteiger partial charge in [-0.05, 0) is 38.0 Å². The van der Waals surface area contributed by atoms with E-state index < -0.39 is 0 Å². The molecule has 73 valence electrons. The van der Waals surface area contributed by atoms with E-state index in [-0.39, 0.29) is 0 Å². The zero-order valence-corrected chi connectivity index (χ0v) is 9.09. The van der Waals surface area contributed by atoms with E-state index in [1.165, 1.54) is 28.6 Å². The number of fused-ring (bicyclic) bond motifs is 1. The zero-order chi connectivity index (χ0) is 10.1. The molecule has 0 bridgehead atoms. The molecule has 0 saturated carbocycles. The summed E-state index contributed by atoms with van der Waals surface area (Å²) in [5.41, 5.74) is 4.12. The second-order valence-electron chi connectivity index (χ2n) is 3.81. The average molecular weight is 186 g/mol. The van der Waals surface area contributed by atoms with Crippen molar-refractivity contribution in [2.24, 2.45) is 0 Å². The molecule has 0 spiro atoms. The maximum atomic E-state index is 3.15. The second-order valence-corrected chi connectivity index (χ2v) is 3.81. The molecule has 0 aliphatic carbocycles. The maximum Gasteiger partial charge on any atom is 0.0491 e. The maximum absolute atomic E-state index is 3.15. The second kappa shape index (κ2) is 3.49. The van der Waals surface area contributed by atoms with Gasteiger partial charge in [0.2, 0.25) is 0 Å². The molecule has 0 aliphatic heterocycles. The Morgan fingerprint density at radius 1 is 1.36 bits per heavy atom. The van der Waals surface area contributed by atoms with Crippen molar-refractivity contribution in [2.75, 3.05) is 0 Å². The fraction of sp³-hybridized carbons (Fsp3) is 0.385. The van der Waals surface area contributed by atoms with Gasteiger partial charge in [-0.3, -0.25) is 0 Å². The molecular formula is C13H16N. The van der Waals surface area contributed by atoms with Crippen molar-refractivity contribution < 1.29 is 0 Å². The first kappa shape index (κ1) is 9.32. The molecule has 0 atom stereocenters. The number of nitrogens with zero attached hydrogens (tertiary/aromatic N) is 1. The van der Waals surface area contributed by atoms with Crippen LogP contribution in [-0.4, -0.2) is 4.57 Å². The number of aromatic nitrogens is 1. The molecule has 1 heteroatoms. The summed E-state index contributed by atoms with van der Waals surface area (Å²) < 4.78 is 2.39. The summed E-state index contributed by atoms with van der Waals surface area (Å²) in [4.78, 5) is 0. The Balaban J connectivity index is 2.74. The van der Waals surface area contributed by atoms with Crippen LogP contribution < -0.4 is 0 Å². The van der Waals surface area contributed by atoms with Crippen molar-refractivity contribution >= 4 is 10.9 Å². The molecule has 1 heterocycles. The lowest BCUT2D eigenvalue weighted by molar-refractivity contribution is 0.684. The fourth-order valence-electron chi connectivity index (χ4n) is 2.05. The third-order valence-electron chi connectivity index (χ3n) is 2.93. The van der Waals surface area contributed by atoms with E-state index in [0.29, 0.717) is 0 Å². The minimum absolute atomic E-state index is 1.11. The van der Waals surface area contributed by atoms with Crippen LogP contribution in [0.3, 0.4) is 0 Å². The quantitative estimate of drug-likeness (QED) is 0.676. The van der Waals surface area contributed by atoms with Gasteiger partial charge >= 0.3 is 0 Å². The lowest BCUT2D eigenvalue weighted by atomic mass is 10.2. The van der Waals surface area contributed by atoms with Crippen LogP contribution in [0.2, 0.25) is 0 Å². The van der Waals surface area contributed by atoms with Gasteiger partial charge in [0.05, 0.1) is 0 Å². The van der Waals surface area contributed by atoms with Crippen molar-refractivity contribution in [1.29, 1.82) is 0 Å². The molecule has 0 saturated heterocycles. The van der Waals surface area contributed by atoms with E-state index in [0.717, 1.165) is 6.54 Å². The normalized spacial score (nSPS) is 11.1. The molecule has 1 aromatic heterocycles. The van der Waals surface area contributed by atoms with Crippen LogP contribution in [0.25, 0.3) is 10.9 Å². The Labute approximate surface area is 85.4 Å². The molecule has 2 aromatic rings. The Morgan fingerprint density at radius 3 is 2.86 bits per heavy atom. The van der Waals surface area contributed by atoms with Gasteiger partial charge in [-0.15, -0.1) is 0 Å². The highest BCUT2D eigenvalue weighted by Crippen LogP contribution is 2.24. The lowest BCUT2D eigenvalue weighted by Crippen LogP contribution is -1.98. The summed E-state index contributed by atoms with van der Waals surface area (Å²) in [7, 11) is 0. The van der Waals surface area contributed by atoms with Crippen molar-refractivity contribution in [2.45, 2.75) is 33.7 Å². The zero-order valence-electron chi connectivity index (χ0n) is 9.09. The molecule has 1 radical (unpaired) electrons. The fourth-order valence-corrected chi connectivity index (χ4v) is 2.05. The monoisotopic (exact) mass is 186 g/mol. The van der Waals surface area contributed by atoms with E-state index in [9.17, 15) is 0 Å². The Morgan fingerprint density at radius 2 is 2.14 bits per heavy atom. The van der Waals surface area contributed by atoms with Crippen molar-refractivity contribution in [3.63, 3.8) is 0 Å². The van der Waals surface area contributed by atoms with Crippen molar-refractivity contribution in [1.82, 2.24) is 4.57 Å². The average Bonchev–Trinajstić information content (AvgIpc) is 2.45. The first-order chi connectivity index (χ1) is 6.75. The van der Waals surface area contributed by atoms with Gasteiger partial charge < -0.3 is 4.57 Å². The SMILES string of the molecule is CCCn1c(C)c(C)c2cc[c]cc21. The topological polar surface area (TPSA) is 4.93 Å². The van der Waals surface area contributed by atoms with Crippen LogP contribution >= 0.6 is 0 Å². The molecule has 1 nitrogen and oxygen atoms in total. The van der Waals surface area contributed by atoms with E-state index in [1.807, 2.05) is 6.07 Å². The number of rotatable bonds is 2. The summed E-state index contributed by atoms with van der Waals surface area (Å²) >= 11 is 0. The highest BCUT2D eigenvalue weighted by molar-refractivity contribution is 5.85. The number of aryl methyl sites for hydroxylation is 2. The summed E-state index contributed by atoms with van der Waals surface area (Å²) in [5.74, 6) is 0. The molecule has 2 rings (SSSR count). The third kappa shape index (κ3) is 1.24. The van der Waals surface area contributed by atoms with Crippen LogP contribution in [0.1, 0.15) is 24.6 Å². The predicted molar refractivity (Wildman–Crippen MR) is 60.5 cm³/mol. The van der Waals surface area contributed by atoms with Crippen molar-refractivity contribution in [3.05, 3.63) is 35.5 Å². The van der Waals surface area contributed by atoms with Crippen LogP contribution in [0.4, 0.5) is 0 Å². The van der Waals surface area contributed by atoms with E-state index >= 15 is 0 Å². The Bertz CT molecular complexity index is 451. The van der Waals surface area contributed by atoms with Gasteiger partial charge in [0.1, 0.15) is 0 Å². The van der Waals surface area contributed by atoms with E-state index in [2.05, 4.69) is 43.5 Å². The predicted octanol–water partition coefficient (Wildman–Crippen LogP) is 3.47. The summed E-state index contributed by atoms with van der Waals surface area (Å²) in [6, 6.07) is 9.39. The third-order valence-corrected chi connectivity index (χ3v) is 2.93. The van der Waals surface area contributed by atoms with Gasteiger partial charge in [0.25, 0.3) is 0 Å². The van der Waals surface area contributed by atoms with Crippen LogP contribution in [-0.2, 0) is 6.54 Å². The Hall–Kier alpha value is -1.24. The Kier molecular flexibility index (Phi) is 2.32. The van der Waals surface area contributed by atoms with Gasteiger partial charge in [-0.1, -0.05) is 19.1 Å². The van der Waals surface area contributed by atoms with E-state index in [1.54, 1.807) is 0 Å². The lowest BCUT2D eigenvalue weighted by Gasteiger charge is -2.05. The summed E-state index contributed by atoms with van der Waals surface area (Å²) in [6.45, 7) is 7.72. The molecule has 14 heavy (non-hydrogen) atoms. The smallest absolute Gasteiger partial charge is 0.0491 e. The molecule has 1 aromatic carbocycles. The largest absolute Gasteiger partial charge is 0.345 e. The van der Waals surface area contributed by atoms with Crippen molar-refractivity contribution in [3.8, 4) is 0 Å². The standard InChI is InChI=1S/C13H16N/c1-4-9-14-11(3)10(2)12-7-5-6-8-13(12)14/h5,7-8H,4,9H2,1-3H3. The molecule has 0 fully saturated rings. The first-order valence-corrected chi connectivity index (χ1v) is 5.21. The van der Waals surface area contributed by atoms with Gasteiger partial charge in [-0.2, -0.15) is 0 Å². The highest BCUT2D eigenvalue weighted by Gasteiger charge is 2.08. The van der Waals surface area contributed by atoms with E-state index in [4.69, 9.17) is 0 Å². The molecule has 0 N–H and O–H groups in total. The van der Waals surface area contributed by atoms with Gasteiger partial charge in [-0.25, -0.2) is 0 Å². The highest BCUT2D eigenvalue weighted by atomic mass is 15.0. The van der Waals surface area contributed by atoms with Crippen LogP contribution in [0, 0.1) is 19.9 Å². The molecule has 0 amide bonds.